The maximum Gasteiger partial charge on any atom is 0.350 e. The quantitative estimate of drug-likeness (QED) is 0.594. The van der Waals surface area contributed by atoms with E-state index in [4.69, 9.17) is 15.2 Å². The van der Waals surface area contributed by atoms with Crippen LogP contribution < -0.4 is 11.1 Å². The number of hydrogen-bond donors (Lipinski definition) is 2. The second-order valence-electron chi connectivity index (χ2n) is 4.63. The molecule has 0 radical (unpaired) electrons. The number of methoxy groups -OCH3 is 2. The molecule has 0 atom stereocenters. The van der Waals surface area contributed by atoms with Gasteiger partial charge in [0.25, 0.3) is 0 Å². The van der Waals surface area contributed by atoms with Gasteiger partial charge in [-0.2, -0.15) is 0 Å². The van der Waals surface area contributed by atoms with Crippen LogP contribution in [-0.4, -0.2) is 33.3 Å². The third-order valence-corrected chi connectivity index (χ3v) is 4.31. The van der Waals surface area contributed by atoms with E-state index >= 15 is 0 Å². The molecule has 1 saturated carbocycles. The summed E-state index contributed by atoms with van der Waals surface area (Å²) in [4.78, 5) is 12.2. The van der Waals surface area contributed by atoms with Crippen LogP contribution in [0, 0.1) is 0 Å². The molecular formula is C13H20N2O3S. The molecule has 19 heavy (non-hydrogen) atoms. The van der Waals surface area contributed by atoms with E-state index in [2.05, 4.69) is 5.32 Å². The van der Waals surface area contributed by atoms with E-state index in [-0.39, 0.29) is 5.97 Å². The number of anilines is 2. The smallest absolute Gasteiger partial charge is 0.350 e. The molecule has 0 saturated heterocycles. The van der Waals surface area contributed by atoms with E-state index in [1.807, 2.05) is 0 Å². The Balaban J connectivity index is 2.14. The first-order chi connectivity index (χ1) is 9.19. The third kappa shape index (κ3) is 3.19. The van der Waals surface area contributed by atoms with Crippen molar-refractivity contribution in [2.24, 2.45) is 0 Å². The molecule has 5 nitrogen and oxygen atoms in total. The zero-order valence-electron chi connectivity index (χ0n) is 11.3. The maximum absolute atomic E-state index is 11.7. The molecule has 1 aliphatic carbocycles. The van der Waals surface area contributed by atoms with Crippen molar-refractivity contribution in [3.8, 4) is 0 Å². The van der Waals surface area contributed by atoms with E-state index < -0.39 is 0 Å². The first-order valence-corrected chi connectivity index (χ1v) is 7.24. The van der Waals surface area contributed by atoms with Crippen LogP contribution in [0.3, 0.4) is 0 Å². The van der Waals surface area contributed by atoms with Gasteiger partial charge < -0.3 is 20.5 Å². The summed E-state index contributed by atoms with van der Waals surface area (Å²) in [6.07, 6.45) is 3.22. The lowest BCUT2D eigenvalue weighted by atomic mass is 10.1. The van der Waals surface area contributed by atoms with E-state index in [0.29, 0.717) is 16.5 Å². The van der Waals surface area contributed by atoms with Crippen LogP contribution in [0.4, 0.5) is 10.7 Å². The van der Waals surface area contributed by atoms with Crippen LogP contribution in [0.2, 0.25) is 0 Å². The summed E-state index contributed by atoms with van der Waals surface area (Å²) in [5.74, 6) is 0.147. The van der Waals surface area contributed by atoms with E-state index in [1.54, 1.807) is 7.11 Å². The maximum atomic E-state index is 11.7. The molecule has 1 aliphatic rings. The van der Waals surface area contributed by atoms with Crippen molar-refractivity contribution in [1.82, 2.24) is 0 Å². The molecule has 1 heterocycles. The van der Waals surface area contributed by atoms with Gasteiger partial charge in [0.1, 0.15) is 4.88 Å². The van der Waals surface area contributed by atoms with Gasteiger partial charge in [0.15, 0.2) is 0 Å². The molecule has 0 aliphatic heterocycles. The molecule has 0 bridgehead atoms. The predicted octanol–water partition coefficient (Wildman–Crippen LogP) is 2.44. The zero-order chi connectivity index (χ0) is 13.8. The summed E-state index contributed by atoms with van der Waals surface area (Å²) in [7, 11) is 3.07. The molecular weight excluding hydrogens is 264 g/mol. The summed E-state index contributed by atoms with van der Waals surface area (Å²) in [6, 6.07) is 0. The van der Waals surface area contributed by atoms with E-state index in [0.717, 1.165) is 43.0 Å². The van der Waals surface area contributed by atoms with Gasteiger partial charge in [-0.05, 0) is 25.2 Å². The Morgan fingerprint density at radius 2 is 2.21 bits per heavy atom. The molecule has 1 fully saturated rings. The number of esters is 1. The average Bonchev–Trinajstić information content (AvgIpc) is 3.19. The molecule has 6 heteroatoms. The number of thiophene rings is 1. The number of nitrogens with two attached hydrogens (primary N) is 1. The monoisotopic (exact) mass is 284 g/mol. The summed E-state index contributed by atoms with van der Waals surface area (Å²) in [5, 5.41) is 4.37. The summed E-state index contributed by atoms with van der Waals surface area (Å²) >= 11 is 1.39. The minimum Gasteiger partial charge on any atom is -0.465 e. The number of nitrogens with one attached hydrogen (secondary N) is 1. The van der Waals surface area contributed by atoms with Crippen molar-refractivity contribution in [3.05, 3.63) is 10.4 Å². The first-order valence-electron chi connectivity index (χ1n) is 6.42. The largest absolute Gasteiger partial charge is 0.465 e. The number of rotatable bonds is 7. The number of carbonyl (C=O) groups is 1. The molecule has 0 spiro atoms. The highest BCUT2D eigenvalue weighted by atomic mass is 32.1. The third-order valence-electron chi connectivity index (χ3n) is 3.15. The van der Waals surface area contributed by atoms with Crippen molar-refractivity contribution < 1.29 is 14.3 Å². The molecule has 0 unspecified atom stereocenters. The highest BCUT2D eigenvalue weighted by molar-refractivity contribution is 7.18. The van der Waals surface area contributed by atoms with Crippen molar-refractivity contribution in [3.63, 3.8) is 0 Å². The number of hydrogen-bond acceptors (Lipinski definition) is 6. The van der Waals surface area contributed by atoms with Crippen molar-refractivity contribution >= 4 is 28.0 Å². The van der Waals surface area contributed by atoms with Gasteiger partial charge in [-0.25, -0.2) is 4.79 Å². The highest BCUT2D eigenvalue weighted by Crippen LogP contribution is 2.50. The van der Waals surface area contributed by atoms with Crippen LogP contribution in [0.25, 0.3) is 0 Å². The van der Waals surface area contributed by atoms with Crippen LogP contribution in [0.5, 0.6) is 0 Å². The topological polar surface area (TPSA) is 73.6 Å². The minimum absolute atomic E-state index is 0.352. The Labute approximate surface area is 117 Å². The van der Waals surface area contributed by atoms with Crippen molar-refractivity contribution in [2.75, 3.05) is 38.4 Å². The molecule has 1 aromatic heterocycles. The van der Waals surface area contributed by atoms with Gasteiger partial charge >= 0.3 is 5.97 Å². The molecule has 3 N–H and O–H groups in total. The Bertz CT molecular complexity index is 455. The fourth-order valence-corrected chi connectivity index (χ4v) is 3.18. The van der Waals surface area contributed by atoms with Gasteiger partial charge in [0.2, 0.25) is 0 Å². The van der Waals surface area contributed by atoms with E-state index in [1.165, 1.54) is 18.4 Å². The summed E-state index contributed by atoms with van der Waals surface area (Å²) < 4.78 is 9.79. The van der Waals surface area contributed by atoms with Crippen LogP contribution in [-0.2, 0) is 9.47 Å². The number of nitrogen functional groups attached to an aromatic ring is 1. The summed E-state index contributed by atoms with van der Waals surface area (Å²) in [6.45, 7) is 1.53. The second kappa shape index (κ2) is 6.25. The molecule has 0 aromatic carbocycles. The Morgan fingerprint density at radius 3 is 2.79 bits per heavy atom. The average molecular weight is 284 g/mol. The van der Waals surface area contributed by atoms with Crippen LogP contribution in [0.15, 0.2) is 0 Å². The Kier molecular flexibility index (Phi) is 4.66. The molecule has 106 valence electrons. The number of carbonyl (C=O) groups excluding carboxylic acids is 1. The lowest BCUT2D eigenvalue weighted by Gasteiger charge is -2.06. The predicted molar refractivity (Wildman–Crippen MR) is 77.0 cm³/mol. The minimum atomic E-state index is -0.352. The summed E-state index contributed by atoms with van der Waals surface area (Å²) in [5.41, 5.74) is 7.79. The molecule has 0 amide bonds. The molecule has 1 aromatic rings. The first kappa shape index (κ1) is 14.1. The normalized spacial score (nSPS) is 14.4. The van der Waals surface area contributed by atoms with Gasteiger partial charge in [-0.15, -0.1) is 11.3 Å². The van der Waals surface area contributed by atoms with Crippen molar-refractivity contribution in [1.29, 1.82) is 0 Å². The Hall–Kier alpha value is -1.27. The molecule has 2 rings (SSSR count). The van der Waals surface area contributed by atoms with Gasteiger partial charge in [-0.3, -0.25) is 0 Å². The lowest BCUT2D eigenvalue weighted by molar-refractivity contribution is 0.0607. The Morgan fingerprint density at radius 1 is 1.47 bits per heavy atom. The van der Waals surface area contributed by atoms with Crippen molar-refractivity contribution in [2.45, 2.75) is 25.2 Å². The van der Waals surface area contributed by atoms with Gasteiger partial charge in [0.05, 0.1) is 17.8 Å². The fourth-order valence-electron chi connectivity index (χ4n) is 2.03. The lowest BCUT2D eigenvalue weighted by Crippen LogP contribution is -2.05. The SMILES string of the molecule is COCCCNc1sc(C(=O)OC)c(N)c1C1CC1. The van der Waals surface area contributed by atoms with Crippen LogP contribution >= 0.6 is 11.3 Å². The van der Waals surface area contributed by atoms with Crippen LogP contribution in [0.1, 0.15) is 40.4 Å². The second-order valence-corrected chi connectivity index (χ2v) is 5.65. The van der Waals surface area contributed by atoms with Gasteiger partial charge in [0, 0.05) is 25.8 Å². The highest BCUT2D eigenvalue weighted by Gasteiger charge is 2.33. The zero-order valence-corrected chi connectivity index (χ0v) is 12.1. The fraction of sp³-hybridized carbons (Fsp3) is 0.615. The number of ether oxygens (including phenoxy) is 2. The standard InChI is InChI=1S/C13H20N2O3S/c1-17-7-3-6-15-12-9(8-4-5-8)10(14)11(19-12)13(16)18-2/h8,15H,3-7,14H2,1-2H3. The van der Waals surface area contributed by atoms with E-state index in [9.17, 15) is 4.79 Å². The van der Waals surface area contributed by atoms with Gasteiger partial charge in [-0.1, -0.05) is 0 Å².